The molecule has 0 fully saturated rings. The molecule has 0 spiro atoms. The molecule has 0 aliphatic rings. The zero-order chi connectivity index (χ0) is 8.91. The minimum absolute atomic E-state index is 0.196. The maximum Gasteiger partial charge on any atom is 0.155 e. The van der Waals surface area contributed by atoms with Crippen molar-refractivity contribution < 1.29 is 4.79 Å². The van der Waals surface area contributed by atoms with Crippen LogP contribution in [0.3, 0.4) is 0 Å². The standard InChI is InChI=1S/C9H16OS/c1-5-8(10)6-7-11-9(2,3)4/h6-7H,5H2,1-4H3/b7-6+. The third-order valence-corrected chi connectivity index (χ3v) is 2.00. The summed E-state index contributed by atoms with van der Waals surface area (Å²) in [4.78, 5) is 10.8. The summed E-state index contributed by atoms with van der Waals surface area (Å²) in [5.41, 5.74) is 0. The summed E-state index contributed by atoms with van der Waals surface area (Å²) >= 11 is 1.68. The summed E-state index contributed by atoms with van der Waals surface area (Å²) in [5, 5.41) is 1.88. The molecule has 0 aromatic carbocycles. The Morgan fingerprint density at radius 1 is 1.45 bits per heavy atom. The van der Waals surface area contributed by atoms with Crippen LogP contribution >= 0.6 is 11.8 Å². The minimum Gasteiger partial charge on any atom is -0.295 e. The Bertz CT molecular complexity index is 153. The van der Waals surface area contributed by atoms with Gasteiger partial charge in [0.25, 0.3) is 0 Å². The van der Waals surface area contributed by atoms with Crippen molar-refractivity contribution >= 4 is 17.5 Å². The van der Waals surface area contributed by atoms with Gasteiger partial charge in [0.05, 0.1) is 0 Å². The van der Waals surface area contributed by atoms with Crippen LogP contribution in [0.1, 0.15) is 34.1 Å². The van der Waals surface area contributed by atoms with Gasteiger partial charge in [0.2, 0.25) is 0 Å². The average molecular weight is 172 g/mol. The van der Waals surface area contributed by atoms with Gasteiger partial charge in [-0.2, -0.15) is 0 Å². The van der Waals surface area contributed by atoms with E-state index < -0.39 is 0 Å². The minimum atomic E-state index is 0.196. The molecule has 1 nitrogen and oxygen atoms in total. The molecule has 0 amide bonds. The average Bonchev–Trinajstić information content (AvgIpc) is 1.85. The SMILES string of the molecule is CCC(=O)/C=C/SC(C)(C)C. The quantitative estimate of drug-likeness (QED) is 0.609. The first kappa shape index (κ1) is 10.8. The largest absolute Gasteiger partial charge is 0.295 e. The third-order valence-electron chi connectivity index (χ3n) is 1.02. The Hall–Kier alpha value is -0.240. The van der Waals surface area contributed by atoms with Crippen molar-refractivity contribution in [2.24, 2.45) is 0 Å². The molecular weight excluding hydrogens is 156 g/mol. The van der Waals surface area contributed by atoms with Crippen LogP contribution in [-0.2, 0) is 4.79 Å². The molecule has 0 bridgehead atoms. The van der Waals surface area contributed by atoms with Gasteiger partial charge in [-0.05, 0) is 11.5 Å². The topological polar surface area (TPSA) is 17.1 Å². The number of thioether (sulfide) groups is 1. The third kappa shape index (κ3) is 7.66. The fourth-order valence-electron chi connectivity index (χ4n) is 0.432. The van der Waals surface area contributed by atoms with Crippen LogP contribution < -0.4 is 0 Å². The molecule has 2 heteroatoms. The lowest BCUT2D eigenvalue weighted by atomic mass is 10.3. The summed E-state index contributed by atoms with van der Waals surface area (Å²) in [6, 6.07) is 0. The van der Waals surface area contributed by atoms with Gasteiger partial charge in [0.1, 0.15) is 0 Å². The van der Waals surface area contributed by atoms with E-state index in [0.717, 1.165) is 0 Å². The predicted octanol–water partition coefficient (Wildman–Crippen LogP) is 3.01. The number of carbonyl (C=O) groups is 1. The first-order valence-corrected chi connectivity index (χ1v) is 4.71. The van der Waals surface area contributed by atoms with E-state index >= 15 is 0 Å². The number of allylic oxidation sites excluding steroid dienone is 1. The number of carbonyl (C=O) groups excluding carboxylic acids is 1. The lowest BCUT2D eigenvalue weighted by Crippen LogP contribution is -2.04. The Morgan fingerprint density at radius 2 is 2.00 bits per heavy atom. The first-order chi connectivity index (χ1) is 4.95. The van der Waals surface area contributed by atoms with E-state index in [4.69, 9.17) is 0 Å². The Balaban J connectivity index is 3.70. The number of hydrogen-bond donors (Lipinski definition) is 0. The van der Waals surface area contributed by atoms with Gasteiger partial charge in [0, 0.05) is 11.2 Å². The van der Waals surface area contributed by atoms with E-state index in [-0.39, 0.29) is 10.5 Å². The normalized spacial score (nSPS) is 12.4. The smallest absolute Gasteiger partial charge is 0.155 e. The second kappa shape index (κ2) is 4.60. The van der Waals surface area contributed by atoms with Crippen LogP contribution in [0.25, 0.3) is 0 Å². The van der Waals surface area contributed by atoms with Gasteiger partial charge in [0.15, 0.2) is 5.78 Å². The second-order valence-electron chi connectivity index (χ2n) is 3.35. The molecule has 0 atom stereocenters. The first-order valence-electron chi connectivity index (χ1n) is 3.83. The number of ketones is 1. The Kier molecular flexibility index (Phi) is 4.50. The van der Waals surface area contributed by atoms with Crippen LogP contribution in [0.2, 0.25) is 0 Å². The highest BCUT2D eigenvalue weighted by Crippen LogP contribution is 2.23. The van der Waals surface area contributed by atoms with Crippen LogP contribution in [0, 0.1) is 0 Å². The summed E-state index contributed by atoms with van der Waals surface area (Å²) in [6.07, 6.45) is 2.25. The van der Waals surface area contributed by atoms with E-state index in [9.17, 15) is 4.79 Å². The Morgan fingerprint density at radius 3 is 2.36 bits per heavy atom. The molecule has 0 unspecified atom stereocenters. The Labute approximate surface area is 73.3 Å². The summed E-state index contributed by atoms with van der Waals surface area (Å²) in [6.45, 7) is 8.24. The van der Waals surface area contributed by atoms with E-state index in [1.807, 2.05) is 12.3 Å². The van der Waals surface area contributed by atoms with Crippen LogP contribution in [0.5, 0.6) is 0 Å². The number of hydrogen-bond acceptors (Lipinski definition) is 2. The molecule has 0 aromatic rings. The van der Waals surface area contributed by atoms with Crippen molar-refractivity contribution in [2.45, 2.75) is 38.9 Å². The molecule has 0 saturated heterocycles. The van der Waals surface area contributed by atoms with Crippen molar-refractivity contribution in [3.05, 3.63) is 11.5 Å². The zero-order valence-electron chi connectivity index (χ0n) is 7.68. The van der Waals surface area contributed by atoms with Crippen LogP contribution in [0.4, 0.5) is 0 Å². The molecule has 64 valence electrons. The van der Waals surface area contributed by atoms with Gasteiger partial charge in [-0.3, -0.25) is 4.79 Å². The van der Waals surface area contributed by atoms with E-state index in [0.29, 0.717) is 6.42 Å². The van der Waals surface area contributed by atoms with Crippen molar-refractivity contribution in [3.8, 4) is 0 Å². The van der Waals surface area contributed by atoms with Crippen LogP contribution in [-0.4, -0.2) is 10.5 Å². The molecule has 0 radical (unpaired) electrons. The van der Waals surface area contributed by atoms with E-state index in [1.54, 1.807) is 17.8 Å². The molecule has 0 rings (SSSR count). The molecular formula is C9H16OS. The fraction of sp³-hybridized carbons (Fsp3) is 0.667. The fourth-order valence-corrected chi connectivity index (χ4v) is 1.06. The zero-order valence-corrected chi connectivity index (χ0v) is 8.49. The van der Waals surface area contributed by atoms with Gasteiger partial charge in [-0.25, -0.2) is 0 Å². The lowest BCUT2D eigenvalue weighted by molar-refractivity contribution is -0.114. The lowest BCUT2D eigenvalue weighted by Gasteiger charge is -2.13. The highest BCUT2D eigenvalue weighted by molar-refractivity contribution is 8.03. The second-order valence-corrected chi connectivity index (χ2v) is 5.09. The highest BCUT2D eigenvalue weighted by Gasteiger charge is 2.07. The highest BCUT2D eigenvalue weighted by atomic mass is 32.2. The van der Waals surface area contributed by atoms with Gasteiger partial charge in [-0.1, -0.05) is 27.7 Å². The monoisotopic (exact) mass is 172 g/mol. The van der Waals surface area contributed by atoms with Gasteiger partial charge >= 0.3 is 0 Å². The van der Waals surface area contributed by atoms with E-state index in [2.05, 4.69) is 20.8 Å². The summed E-state index contributed by atoms with van der Waals surface area (Å²) < 4.78 is 0.213. The van der Waals surface area contributed by atoms with Gasteiger partial charge < -0.3 is 0 Å². The maximum absolute atomic E-state index is 10.8. The predicted molar refractivity (Wildman–Crippen MR) is 51.8 cm³/mol. The molecule has 0 N–H and O–H groups in total. The molecule has 0 aromatic heterocycles. The summed E-state index contributed by atoms with van der Waals surface area (Å²) in [7, 11) is 0. The number of rotatable bonds is 3. The van der Waals surface area contributed by atoms with Crippen molar-refractivity contribution in [2.75, 3.05) is 0 Å². The maximum atomic E-state index is 10.8. The molecule has 11 heavy (non-hydrogen) atoms. The van der Waals surface area contributed by atoms with Crippen molar-refractivity contribution in [1.29, 1.82) is 0 Å². The molecule has 0 heterocycles. The van der Waals surface area contributed by atoms with Crippen molar-refractivity contribution in [3.63, 3.8) is 0 Å². The molecule has 0 saturated carbocycles. The van der Waals surface area contributed by atoms with Gasteiger partial charge in [-0.15, -0.1) is 11.8 Å². The summed E-state index contributed by atoms with van der Waals surface area (Å²) in [5.74, 6) is 0.196. The molecule has 0 aliphatic carbocycles. The van der Waals surface area contributed by atoms with Crippen molar-refractivity contribution in [1.82, 2.24) is 0 Å². The molecule has 0 aliphatic heterocycles. The van der Waals surface area contributed by atoms with E-state index in [1.165, 1.54) is 0 Å². The van der Waals surface area contributed by atoms with Crippen LogP contribution in [0.15, 0.2) is 11.5 Å².